The van der Waals surface area contributed by atoms with Crippen LogP contribution in [0, 0.1) is 6.92 Å². The van der Waals surface area contributed by atoms with Crippen molar-refractivity contribution in [1.82, 2.24) is 9.88 Å². The highest BCUT2D eigenvalue weighted by atomic mass is 16.2. The van der Waals surface area contributed by atoms with Crippen LogP contribution in [0.25, 0.3) is 5.69 Å². The van der Waals surface area contributed by atoms with E-state index in [1.54, 1.807) is 0 Å². The van der Waals surface area contributed by atoms with E-state index in [2.05, 4.69) is 41.8 Å². The van der Waals surface area contributed by atoms with Crippen LogP contribution in [0.3, 0.4) is 0 Å². The molecule has 0 fully saturated rings. The first-order valence-electron chi connectivity index (χ1n) is 8.04. The molecule has 0 aliphatic heterocycles. The van der Waals surface area contributed by atoms with Gasteiger partial charge in [0, 0.05) is 30.3 Å². The minimum Gasteiger partial charge on any atom is -0.338 e. The standard InChI is InChI=1S/C20H21N3O/c1-16-4-6-17(7-5-16)12-13-21-20(24)22-18-8-10-19(11-9-18)23-14-2-3-15-23/h2-11,14-15H,12-13H2,1H3,(H2,21,22,24). The number of nitrogens with one attached hydrogen (secondary N) is 2. The Hall–Kier alpha value is -3.01. The monoisotopic (exact) mass is 319 g/mol. The van der Waals surface area contributed by atoms with Crippen LogP contribution < -0.4 is 10.6 Å². The van der Waals surface area contributed by atoms with Gasteiger partial charge in [0.1, 0.15) is 0 Å². The van der Waals surface area contributed by atoms with Crippen molar-refractivity contribution in [2.75, 3.05) is 11.9 Å². The number of hydrogen-bond donors (Lipinski definition) is 2. The molecular weight excluding hydrogens is 298 g/mol. The van der Waals surface area contributed by atoms with E-state index < -0.39 is 0 Å². The average molecular weight is 319 g/mol. The number of carbonyl (C=O) groups is 1. The summed E-state index contributed by atoms with van der Waals surface area (Å²) in [6.07, 6.45) is 4.79. The number of benzene rings is 2. The lowest BCUT2D eigenvalue weighted by molar-refractivity contribution is 0.252. The van der Waals surface area contributed by atoms with E-state index in [9.17, 15) is 4.79 Å². The Labute approximate surface area is 142 Å². The summed E-state index contributed by atoms with van der Waals surface area (Å²) in [6, 6.07) is 19.9. The van der Waals surface area contributed by atoms with Crippen LogP contribution in [0.15, 0.2) is 73.1 Å². The zero-order valence-corrected chi connectivity index (χ0v) is 13.7. The van der Waals surface area contributed by atoms with Crippen LogP contribution in [-0.4, -0.2) is 17.1 Å². The highest BCUT2D eigenvalue weighted by Gasteiger charge is 2.02. The molecule has 3 aromatic rings. The van der Waals surface area contributed by atoms with Crippen LogP contribution in [0.1, 0.15) is 11.1 Å². The van der Waals surface area contributed by atoms with Gasteiger partial charge in [0.25, 0.3) is 0 Å². The van der Waals surface area contributed by atoms with Gasteiger partial charge in [0.2, 0.25) is 0 Å². The molecule has 0 aliphatic rings. The second-order valence-electron chi connectivity index (χ2n) is 5.75. The number of hydrogen-bond acceptors (Lipinski definition) is 1. The van der Waals surface area contributed by atoms with Gasteiger partial charge in [-0.05, 0) is 55.3 Å². The molecule has 3 rings (SSSR count). The Kier molecular flexibility index (Phi) is 4.96. The summed E-state index contributed by atoms with van der Waals surface area (Å²) in [5.41, 5.74) is 4.30. The van der Waals surface area contributed by atoms with Crippen molar-refractivity contribution in [3.63, 3.8) is 0 Å². The molecule has 122 valence electrons. The Morgan fingerprint density at radius 1 is 0.958 bits per heavy atom. The van der Waals surface area contributed by atoms with E-state index in [1.807, 2.05) is 53.4 Å². The number of rotatable bonds is 5. The number of carbonyl (C=O) groups excluding carboxylic acids is 1. The first kappa shape index (κ1) is 15.9. The number of nitrogens with zero attached hydrogens (tertiary/aromatic N) is 1. The summed E-state index contributed by atoms with van der Waals surface area (Å²) in [6.45, 7) is 2.67. The molecule has 4 heteroatoms. The number of urea groups is 1. The maximum absolute atomic E-state index is 11.9. The van der Waals surface area contributed by atoms with Crippen molar-refractivity contribution >= 4 is 11.7 Å². The fourth-order valence-electron chi connectivity index (χ4n) is 2.47. The SMILES string of the molecule is Cc1ccc(CCNC(=O)Nc2ccc(-n3cccc3)cc2)cc1. The average Bonchev–Trinajstić information content (AvgIpc) is 3.12. The van der Waals surface area contributed by atoms with Crippen molar-refractivity contribution < 1.29 is 4.79 Å². The van der Waals surface area contributed by atoms with Crippen molar-refractivity contribution in [3.8, 4) is 5.69 Å². The molecule has 2 aromatic carbocycles. The van der Waals surface area contributed by atoms with Gasteiger partial charge in [-0.1, -0.05) is 29.8 Å². The number of amides is 2. The predicted molar refractivity (Wildman–Crippen MR) is 97.7 cm³/mol. The molecule has 0 spiro atoms. The molecule has 1 aromatic heterocycles. The highest BCUT2D eigenvalue weighted by Crippen LogP contribution is 2.13. The van der Waals surface area contributed by atoms with E-state index in [-0.39, 0.29) is 6.03 Å². The predicted octanol–water partition coefficient (Wildman–Crippen LogP) is 4.15. The Bertz CT molecular complexity index is 775. The molecule has 0 saturated carbocycles. The molecule has 1 heterocycles. The Balaban J connectivity index is 1.47. The molecule has 0 aliphatic carbocycles. The van der Waals surface area contributed by atoms with E-state index in [1.165, 1.54) is 11.1 Å². The lowest BCUT2D eigenvalue weighted by Crippen LogP contribution is -2.30. The topological polar surface area (TPSA) is 46.1 Å². The number of aromatic nitrogens is 1. The molecular formula is C20H21N3O. The van der Waals surface area contributed by atoms with Crippen molar-refractivity contribution in [2.24, 2.45) is 0 Å². The zero-order chi connectivity index (χ0) is 16.8. The Morgan fingerprint density at radius 2 is 1.62 bits per heavy atom. The van der Waals surface area contributed by atoms with Crippen LogP contribution in [0.2, 0.25) is 0 Å². The summed E-state index contributed by atoms with van der Waals surface area (Å²) in [7, 11) is 0. The number of anilines is 1. The van der Waals surface area contributed by atoms with Gasteiger partial charge in [-0.3, -0.25) is 0 Å². The van der Waals surface area contributed by atoms with Crippen LogP contribution >= 0.6 is 0 Å². The van der Waals surface area contributed by atoms with E-state index in [0.29, 0.717) is 6.54 Å². The molecule has 0 bridgehead atoms. The minimum atomic E-state index is -0.184. The fourth-order valence-corrected chi connectivity index (χ4v) is 2.47. The normalized spacial score (nSPS) is 10.4. The Morgan fingerprint density at radius 3 is 2.29 bits per heavy atom. The lowest BCUT2D eigenvalue weighted by Gasteiger charge is -2.09. The third kappa shape index (κ3) is 4.26. The molecule has 2 amide bonds. The quantitative estimate of drug-likeness (QED) is 0.729. The van der Waals surface area contributed by atoms with Gasteiger partial charge in [-0.25, -0.2) is 4.79 Å². The minimum absolute atomic E-state index is 0.184. The molecule has 0 atom stereocenters. The third-order valence-corrected chi connectivity index (χ3v) is 3.85. The van der Waals surface area contributed by atoms with Gasteiger partial charge in [0.05, 0.1) is 0 Å². The summed E-state index contributed by atoms with van der Waals surface area (Å²) in [5, 5.41) is 5.73. The first-order chi connectivity index (χ1) is 11.7. The van der Waals surface area contributed by atoms with Gasteiger partial charge in [-0.15, -0.1) is 0 Å². The second kappa shape index (κ2) is 7.51. The summed E-state index contributed by atoms with van der Waals surface area (Å²) < 4.78 is 2.02. The molecule has 0 radical (unpaired) electrons. The smallest absolute Gasteiger partial charge is 0.319 e. The molecule has 0 unspecified atom stereocenters. The maximum Gasteiger partial charge on any atom is 0.319 e. The number of aryl methyl sites for hydroxylation is 1. The molecule has 4 nitrogen and oxygen atoms in total. The van der Waals surface area contributed by atoms with Gasteiger partial charge < -0.3 is 15.2 Å². The summed E-state index contributed by atoms with van der Waals surface area (Å²) in [4.78, 5) is 11.9. The van der Waals surface area contributed by atoms with Crippen LogP contribution in [-0.2, 0) is 6.42 Å². The summed E-state index contributed by atoms with van der Waals surface area (Å²) >= 11 is 0. The first-order valence-corrected chi connectivity index (χ1v) is 8.04. The fraction of sp³-hybridized carbons (Fsp3) is 0.150. The van der Waals surface area contributed by atoms with E-state index in [0.717, 1.165) is 17.8 Å². The molecule has 2 N–H and O–H groups in total. The van der Waals surface area contributed by atoms with Crippen LogP contribution in [0.4, 0.5) is 10.5 Å². The highest BCUT2D eigenvalue weighted by molar-refractivity contribution is 5.89. The maximum atomic E-state index is 11.9. The largest absolute Gasteiger partial charge is 0.338 e. The zero-order valence-electron chi connectivity index (χ0n) is 13.7. The van der Waals surface area contributed by atoms with E-state index >= 15 is 0 Å². The van der Waals surface area contributed by atoms with Gasteiger partial charge in [-0.2, -0.15) is 0 Å². The lowest BCUT2D eigenvalue weighted by atomic mass is 10.1. The summed E-state index contributed by atoms with van der Waals surface area (Å²) in [5.74, 6) is 0. The third-order valence-electron chi connectivity index (χ3n) is 3.85. The van der Waals surface area contributed by atoms with Crippen LogP contribution in [0.5, 0.6) is 0 Å². The second-order valence-corrected chi connectivity index (χ2v) is 5.75. The van der Waals surface area contributed by atoms with E-state index in [4.69, 9.17) is 0 Å². The molecule has 0 saturated heterocycles. The molecule has 24 heavy (non-hydrogen) atoms. The van der Waals surface area contributed by atoms with Gasteiger partial charge >= 0.3 is 6.03 Å². The van der Waals surface area contributed by atoms with Gasteiger partial charge in [0.15, 0.2) is 0 Å². The van der Waals surface area contributed by atoms with Crippen molar-refractivity contribution in [1.29, 1.82) is 0 Å². The van der Waals surface area contributed by atoms with Crippen molar-refractivity contribution in [3.05, 3.63) is 84.2 Å². The van der Waals surface area contributed by atoms with Crippen molar-refractivity contribution in [2.45, 2.75) is 13.3 Å².